The van der Waals surface area contributed by atoms with Gasteiger partial charge in [0.05, 0.1) is 18.5 Å². The van der Waals surface area contributed by atoms with E-state index in [9.17, 15) is 17.6 Å². The molecule has 1 amide bonds. The first-order valence-corrected chi connectivity index (χ1v) is 10.5. The van der Waals surface area contributed by atoms with Crippen molar-refractivity contribution in [3.63, 3.8) is 0 Å². The van der Waals surface area contributed by atoms with Crippen molar-refractivity contribution in [2.24, 2.45) is 0 Å². The molecule has 0 aliphatic heterocycles. The summed E-state index contributed by atoms with van der Waals surface area (Å²) in [7, 11) is -3.68. The number of carbonyl (C=O) groups excluding carboxylic acids is 1. The largest absolute Gasteiger partial charge is 0.350 e. The van der Waals surface area contributed by atoms with Crippen molar-refractivity contribution in [2.45, 2.75) is 26.2 Å². The normalized spacial score (nSPS) is 11.9. The lowest BCUT2D eigenvalue weighted by atomic mass is 9.87. The van der Waals surface area contributed by atoms with Gasteiger partial charge in [0.15, 0.2) is 0 Å². The van der Waals surface area contributed by atoms with Crippen LogP contribution < -0.4 is 9.62 Å². The molecule has 2 aromatic rings. The summed E-state index contributed by atoms with van der Waals surface area (Å²) < 4.78 is 38.9. The Morgan fingerprint density at radius 3 is 2.19 bits per heavy atom. The molecule has 0 aliphatic carbocycles. The first-order valence-electron chi connectivity index (χ1n) is 8.61. The topological polar surface area (TPSA) is 66.5 Å². The van der Waals surface area contributed by atoms with Crippen molar-refractivity contribution in [3.8, 4) is 0 Å². The van der Waals surface area contributed by atoms with Crippen molar-refractivity contribution < 1.29 is 17.6 Å². The molecule has 0 spiro atoms. The molecule has 0 aliphatic rings. The highest BCUT2D eigenvalue weighted by molar-refractivity contribution is 7.92. The number of para-hydroxylation sites is 1. The number of anilines is 1. The maximum Gasteiger partial charge on any atom is 0.251 e. The smallest absolute Gasteiger partial charge is 0.251 e. The lowest BCUT2D eigenvalue weighted by Crippen LogP contribution is -2.38. The van der Waals surface area contributed by atoms with E-state index in [-0.39, 0.29) is 30.1 Å². The molecule has 5 nitrogen and oxygen atoms in total. The van der Waals surface area contributed by atoms with Crippen molar-refractivity contribution in [1.82, 2.24) is 5.32 Å². The van der Waals surface area contributed by atoms with Crippen LogP contribution in [0.25, 0.3) is 0 Å². The summed E-state index contributed by atoms with van der Waals surface area (Å²) in [5.41, 5.74) is 1.55. The molecule has 27 heavy (non-hydrogen) atoms. The van der Waals surface area contributed by atoms with E-state index >= 15 is 0 Å². The van der Waals surface area contributed by atoms with Crippen molar-refractivity contribution in [3.05, 3.63) is 65.5 Å². The fourth-order valence-corrected chi connectivity index (χ4v) is 3.54. The number of hydrogen-bond acceptors (Lipinski definition) is 3. The Morgan fingerprint density at radius 1 is 1.07 bits per heavy atom. The van der Waals surface area contributed by atoms with Gasteiger partial charge in [-0.25, -0.2) is 12.8 Å². The minimum absolute atomic E-state index is 0.00918. The molecule has 146 valence electrons. The number of nitrogens with zero attached hydrogens (tertiary/aromatic N) is 1. The van der Waals surface area contributed by atoms with Crippen LogP contribution in [0.1, 0.15) is 36.7 Å². The molecular weight excluding hydrogens is 367 g/mol. The summed E-state index contributed by atoms with van der Waals surface area (Å²) in [5, 5.41) is 2.68. The minimum atomic E-state index is -3.68. The first-order chi connectivity index (χ1) is 12.5. The molecule has 0 bridgehead atoms. The average Bonchev–Trinajstić information content (AvgIpc) is 2.58. The van der Waals surface area contributed by atoms with E-state index in [1.54, 1.807) is 18.2 Å². The van der Waals surface area contributed by atoms with Gasteiger partial charge < -0.3 is 5.32 Å². The zero-order valence-corrected chi connectivity index (χ0v) is 16.8. The molecule has 0 atom stereocenters. The lowest BCUT2D eigenvalue weighted by Gasteiger charge is -2.23. The predicted molar refractivity (Wildman–Crippen MR) is 106 cm³/mol. The molecule has 0 aromatic heterocycles. The average molecular weight is 392 g/mol. The van der Waals surface area contributed by atoms with E-state index in [4.69, 9.17) is 0 Å². The maximum atomic E-state index is 14.0. The van der Waals surface area contributed by atoms with E-state index in [0.717, 1.165) is 16.1 Å². The summed E-state index contributed by atoms with van der Waals surface area (Å²) >= 11 is 0. The highest BCUT2D eigenvalue weighted by Gasteiger charge is 2.20. The lowest BCUT2D eigenvalue weighted by molar-refractivity contribution is 0.0954. The maximum absolute atomic E-state index is 14.0. The third kappa shape index (κ3) is 5.53. The van der Waals surface area contributed by atoms with Gasteiger partial charge in [0.2, 0.25) is 10.0 Å². The van der Waals surface area contributed by atoms with E-state index in [0.29, 0.717) is 5.56 Å². The van der Waals surface area contributed by atoms with Gasteiger partial charge >= 0.3 is 0 Å². The minimum Gasteiger partial charge on any atom is -0.350 e. The van der Waals surface area contributed by atoms with Crippen LogP contribution in [-0.4, -0.2) is 33.7 Å². The van der Waals surface area contributed by atoms with Crippen molar-refractivity contribution in [2.75, 3.05) is 23.7 Å². The SMILES string of the molecule is CC(C)(C)c1ccc(C(=O)NCCN(c2ccccc2F)S(C)(=O)=O)cc1. The quantitative estimate of drug-likeness (QED) is 0.820. The second-order valence-corrected chi connectivity index (χ2v) is 9.28. The van der Waals surface area contributed by atoms with Crippen LogP contribution in [0.15, 0.2) is 48.5 Å². The van der Waals surface area contributed by atoms with Gasteiger partial charge in [-0.1, -0.05) is 45.0 Å². The van der Waals surface area contributed by atoms with Gasteiger partial charge in [0.25, 0.3) is 5.91 Å². The molecular formula is C20H25FN2O3S. The molecule has 0 saturated carbocycles. The fraction of sp³-hybridized carbons (Fsp3) is 0.350. The number of sulfonamides is 1. The second kappa shape index (κ2) is 8.08. The molecule has 0 radical (unpaired) electrons. The number of nitrogens with one attached hydrogen (secondary N) is 1. The second-order valence-electron chi connectivity index (χ2n) is 7.37. The van der Waals surface area contributed by atoms with Crippen LogP contribution in [0, 0.1) is 5.82 Å². The van der Waals surface area contributed by atoms with E-state index in [2.05, 4.69) is 26.1 Å². The number of carbonyl (C=O) groups is 1. The monoisotopic (exact) mass is 392 g/mol. The van der Waals surface area contributed by atoms with Crippen LogP contribution in [-0.2, 0) is 15.4 Å². The molecule has 0 saturated heterocycles. The standard InChI is InChI=1S/C20H25FN2O3S/c1-20(2,3)16-11-9-15(10-12-16)19(24)22-13-14-23(27(4,25)26)18-8-6-5-7-17(18)21/h5-12H,13-14H2,1-4H3,(H,22,24). The zero-order valence-electron chi connectivity index (χ0n) is 16.0. The van der Waals surface area contributed by atoms with Crippen LogP contribution in [0.5, 0.6) is 0 Å². The van der Waals surface area contributed by atoms with Crippen molar-refractivity contribution >= 4 is 21.6 Å². The van der Waals surface area contributed by atoms with E-state index < -0.39 is 15.8 Å². The number of hydrogen-bond donors (Lipinski definition) is 1. The summed E-state index contributed by atoms with van der Waals surface area (Å²) in [6, 6.07) is 12.9. The Morgan fingerprint density at radius 2 is 1.67 bits per heavy atom. The van der Waals surface area contributed by atoms with Gasteiger partial charge in [-0.3, -0.25) is 9.10 Å². The number of rotatable bonds is 6. The van der Waals surface area contributed by atoms with Crippen molar-refractivity contribution in [1.29, 1.82) is 0 Å². The highest BCUT2D eigenvalue weighted by atomic mass is 32.2. The molecule has 0 fully saturated rings. The molecule has 0 heterocycles. The molecule has 1 N–H and O–H groups in total. The fourth-order valence-electron chi connectivity index (χ4n) is 2.61. The Hall–Kier alpha value is -2.41. The van der Waals surface area contributed by atoms with Gasteiger partial charge in [-0.05, 0) is 35.2 Å². The first kappa shape index (κ1) is 20.9. The third-order valence-corrected chi connectivity index (χ3v) is 5.31. The third-order valence-electron chi connectivity index (χ3n) is 4.14. The summed E-state index contributed by atoms with van der Waals surface area (Å²) in [5.74, 6) is -0.940. The zero-order chi connectivity index (χ0) is 20.2. The summed E-state index contributed by atoms with van der Waals surface area (Å²) in [6.07, 6.45) is 1.01. The Balaban J connectivity index is 2.05. The van der Waals surface area contributed by atoms with Gasteiger partial charge in [-0.15, -0.1) is 0 Å². The Kier molecular flexibility index (Phi) is 6.26. The van der Waals surface area contributed by atoms with Gasteiger partial charge in [-0.2, -0.15) is 0 Å². The molecule has 2 rings (SSSR count). The Labute approximate surface area is 160 Å². The van der Waals surface area contributed by atoms with Crippen LogP contribution >= 0.6 is 0 Å². The molecule has 7 heteroatoms. The summed E-state index contributed by atoms with van der Waals surface area (Å²) in [6.45, 7) is 6.26. The molecule has 0 unspecified atom stereocenters. The Bertz CT molecular complexity index is 904. The number of benzene rings is 2. The van der Waals surface area contributed by atoms with Gasteiger partial charge in [0, 0.05) is 12.1 Å². The van der Waals surface area contributed by atoms with Crippen LogP contribution in [0.3, 0.4) is 0 Å². The number of amides is 1. The van der Waals surface area contributed by atoms with Crippen LogP contribution in [0.2, 0.25) is 0 Å². The summed E-state index contributed by atoms with van der Waals surface area (Å²) in [4.78, 5) is 12.3. The number of halogens is 1. The van der Waals surface area contributed by atoms with Crippen LogP contribution in [0.4, 0.5) is 10.1 Å². The van der Waals surface area contributed by atoms with E-state index in [1.807, 2.05) is 12.1 Å². The van der Waals surface area contributed by atoms with Gasteiger partial charge in [0.1, 0.15) is 5.82 Å². The molecule has 2 aromatic carbocycles. The van der Waals surface area contributed by atoms with E-state index in [1.165, 1.54) is 18.2 Å². The highest BCUT2D eigenvalue weighted by Crippen LogP contribution is 2.22. The predicted octanol–water partition coefficient (Wildman–Crippen LogP) is 3.32.